The highest BCUT2D eigenvalue weighted by molar-refractivity contribution is 14.1. The van der Waals surface area contributed by atoms with Gasteiger partial charge in [-0.3, -0.25) is 0 Å². The molecule has 1 unspecified atom stereocenters. The van der Waals surface area contributed by atoms with Crippen LogP contribution in [0.15, 0.2) is 30.5 Å². The molecule has 2 nitrogen and oxygen atoms in total. The molecule has 0 saturated carbocycles. The smallest absolute Gasteiger partial charge is 0.123 e. The lowest BCUT2D eigenvalue weighted by molar-refractivity contribution is 0.570. The molecule has 0 aliphatic rings. The Morgan fingerprint density at radius 3 is 2.71 bits per heavy atom. The maximum absolute atomic E-state index is 12.8. The Bertz CT molecular complexity index is 484. The summed E-state index contributed by atoms with van der Waals surface area (Å²) in [4.78, 5) is 4.28. The van der Waals surface area contributed by atoms with Gasteiger partial charge in [0.15, 0.2) is 0 Å². The van der Waals surface area contributed by atoms with Gasteiger partial charge in [0.1, 0.15) is 10.8 Å². The van der Waals surface area contributed by atoms with Crippen molar-refractivity contribution in [3.8, 4) is 0 Å². The Kier molecular flexibility index (Phi) is 4.47. The van der Waals surface area contributed by atoms with Gasteiger partial charge in [0.05, 0.1) is 9.08 Å². The van der Waals surface area contributed by atoms with Crippen LogP contribution in [0, 0.1) is 8.70 Å². The summed E-state index contributed by atoms with van der Waals surface area (Å²) < 4.78 is 14.0. The van der Waals surface area contributed by atoms with E-state index in [1.165, 1.54) is 15.0 Å². The lowest BCUT2D eigenvalue weighted by Crippen LogP contribution is -2.17. The van der Waals surface area contributed by atoms with Crippen molar-refractivity contribution in [2.75, 3.05) is 0 Å². The molecule has 1 heterocycles. The van der Waals surface area contributed by atoms with Crippen molar-refractivity contribution in [1.82, 2.24) is 10.3 Å². The molecule has 2 aromatic rings. The summed E-state index contributed by atoms with van der Waals surface area (Å²) in [7, 11) is 0. The van der Waals surface area contributed by atoms with E-state index in [0.29, 0.717) is 0 Å². The fourth-order valence-corrected chi connectivity index (χ4v) is 2.97. The maximum atomic E-state index is 12.8. The van der Waals surface area contributed by atoms with Crippen LogP contribution < -0.4 is 5.32 Å². The standard InChI is InChI=1S/C12H12FIN2S/c1-8(9-2-4-10(13)5-3-9)15-7-12-16-6-11(14)17-12/h2-6,8,15H,7H2,1H3. The molecule has 1 N–H and O–H groups in total. The van der Waals surface area contributed by atoms with E-state index in [2.05, 4.69) is 39.8 Å². The van der Waals surface area contributed by atoms with E-state index in [1.807, 2.05) is 6.20 Å². The van der Waals surface area contributed by atoms with Crippen LogP contribution >= 0.6 is 33.9 Å². The van der Waals surface area contributed by atoms with Crippen LogP contribution in [0.3, 0.4) is 0 Å². The molecular weight excluding hydrogens is 350 g/mol. The second kappa shape index (κ2) is 5.88. The van der Waals surface area contributed by atoms with Gasteiger partial charge in [-0.2, -0.15) is 0 Å². The summed E-state index contributed by atoms with van der Waals surface area (Å²) in [5.74, 6) is -0.199. The normalized spacial score (nSPS) is 12.6. The Hall–Kier alpha value is -0.530. The van der Waals surface area contributed by atoms with E-state index in [9.17, 15) is 4.39 Å². The number of benzene rings is 1. The molecule has 1 atom stereocenters. The van der Waals surface area contributed by atoms with Crippen LogP contribution in [0.5, 0.6) is 0 Å². The summed E-state index contributed by atoms with van der Waals surface area (Å²) >= 11 is 3.94. The number of hydrogen-bond donors (Lipinski definition) is 1. The molecule has 5 heteroatoms. The Balaban J connectivity index is 1.93. The fraction of sp³-hybridized carbons (Fsp3) is 0.250. The largest absolute Gasteiger partial charge is 0.304 e. The third-order valence-corrected chi connectivity index (χ3v) is 4.18. The second-order valence-corrected chi connectivity index (χ2v) is 6.72. The Labute approximate surface area is 117 Å². The molecule has 1 aromatic heterocycles. The number of thiazole rings is 1. The molecule has 0 aliphatic heterocycles. The van der Waals surface area contributed by atoms with Crippen molar-refractivity contribution in [3.05, 3.63) is 49.7 Å². The van der Waals surface area contributed by atoms with E-state index < -0.39 is 0 Å². The van der Waals surface area contributed by atoms with Gasteiger partial charge in [0.2, 0.25) is 0 Å². The maximum Gasteiger partial charge on any atom is 0.123 e. The number of aromatic nitrogens is 1. The lowest BCUT2D eigenvalue weighted by atomic mass is 10.1. The zero-order chi connectivity index (χ0) is 12.3. The number of halogens is 2. The highest BCUT2D eigenvalue weighted by Crippen LogP contribution is 2.17. The van der Waals surface area contributed by atoms with Gasteiger partial charge < -0.3 is 5.32 Å². The molecule has 0 aliphatic carbocycles. The van der Waals surface area contributed by atoms with Gasteiger partial charge >= 0.3 is 0 Å². The predicted molar refractivity (Wildman–Crippen MR) is 76.5 cm³/mol. The van der Waals surface area contributed by atoms with Gasteiger partial charge in [-0.25, -0.2) is 9.37 Å². The molecule has 0 amide bonds. The Morgan fingerprint density at radius 1 is 1.41 bits per heavy atom. The highest BCUT2D eigenvalue weighted by atomic mass is 127. The van der Waals surface area contributed by atoms with Crippen molar-refractivity contribution in [2.45, 2.75) is 19.5 Å². The summed E-state index contributed by atoms with van der Waals surface area (Å²) in [5, 5.41) is 4.44. The molecule has 0 fully saturated rings. The van der Waals surface area contributed by atoms with Crippen LogP contribution in [0.25, 0.3) is 0 Å². The summed E-state index contributed by atoms with van der Waals surface area (Å²) in [6, 6.07) is 6.77. The minimum atomic E-state index is -0.199. The van der Waals surface area contributed by atoms with Crippen molar-refractivity contribution in [2.24, 2.45) is 0 Å². The van der Waals surface area contributed by atoms with Crippen LogP contribution in [0.1, 0.15) is 23.5 Å². The molecule has 0 radical (unpaired) electrons. The first-order valence-electron chi connectivity index (χ1n) is 5.24. The van der Waals surface area contributed by atoms with Crippen LogP contribution in [0.4, 0.5) is 4.39 Å². The first-order chi connectivity index (χ1) is 8.15. The van der Waals surface area contributed by atoms with E-state index in [-0.39, 0.29) is 11.9 Å². The van der Waals surface area contributed by atoms with Crippen LogP contribution in [0.2, 0.25) is 0 Å². The third kappa shape index (κ3) is 3.72. The monoisotopic (exact) mass is 362 g/mol. The molecular formula is C12H12FIN2S. The van der Waals surface area contributed by atoms with Crippen molar-refractivity contribution >= 4 is 33.9 Å². The summed E-state index contributed by atoms with van der Waals surface area (Å²) in [6.07, 6.45) is 1.87. The summed E-state index contributed by atoms with van der Waals surface area (Å²) in [6.45, 7) is 2.80. The predicted octanol–water partition coefficient (Wildman–Crippen LogP) is 3.74. The van der Waals surface area contributed by atoms with Gasteiger partial charge in [-0.1, -0.05) is 12.1 Å². The van der Waals surface area contributed by atoms with Crippen LogP contribution in [-0.4, -0.2) is 4.98 Å². The average molecular weight is 362 g/mol. The number of hydrogen-bond acceptors (Lipinski definition) is 3. The first kappa shape index (κ1) is 12.9. The van der Waals surface area contributed by atoms with Crippen molar-refractivity contribution in [3.63, 3.8) is 0 Å². The molecule has 0 saturated heterocycles. The zero-order valence-corrected chi connectivity index (χ0v) is 12.3. The van der Waals surface area contributed by atoms with Gasteiger partial charge in [0.25, 0.3) is 0 Å². The molecule has 90 valence electrons. The van der Waals surface area contributed by atoms with Crippen molar-refractivity contribution < 1.29 is 4.39 Å². The summed E-state index contributed by atoms with van der Waals surface area (Å²) in [5.41, 5.74) is 1.08. The quantitative estimate of drug-likeness (QED) is 0.839. The minimum absolute atomic E-state index is 0.192. The molecule has 0 bridgehead atoms. The fourth-order valence-electron chi connectivity index (χ4n) is 1.48. The zero-order valence-electron chi connectivity index (χ0n) is 9.28. The average Bonchev–Trinajstić information content (AvgIpc) is 2.73. The van der Waals surface area contributed by atoms with E-state index >= 15 is 0 Å². The van der Waals surface area contributed by atoms with Crippen molar-refractivity contribution in [1.29, 1.82) is 0 Å². The minimum Gasteiger partial charge on any atom is -0.304 e. The van der Waals surface area contributed by atoms with Gasteiger partial charge in [0, 0.05) is 12.6 Å². The lowest BCUT2D eigenvalue weighted by Gasteiger charge is -2.12. The van der Waals surface area contributed by atoms with E-state index in [0.717, 1.165) is 17.1 Å². The highest BCUT2D eigenvalue weighted by Gasteiger charge is 2.06. The SMILES string of the molecule is CC(NCc1ncc(I)s1)c1ccc(F)cc1. The molecule has 2 rings (SSSR count). The first-order valence-corrected chi connectivity index (χ1v) is 7.14. The molecule has 1 aromatic carbocycles. The Morgan fingerprint density at radius 2 is 2.12 bits per heavy atom. The second-order valence-electron chi connectivity index (χ2n) is 3.71. The van der Waals surface area contributed by atoms with Gasteiger partial charge in [-0.05, 0) is 47.2 Å². The number of rotatable bonds is 4. The number of nitrogens with one attached hydrogen (secondary N) is 1. The third-order valence-electron chi connectivity index (χ3n) is 2.45. The van der Waals surface area contributed by atoms with Gasteiger partial charge in [-0.15, -0.1) is 11.3 Å². The number of nitrogens with zero attached hydrogens (tertiary/aromatic N) is 1. The van der Waals surface area contributed by atoms with E-state index in [4.69, 9.17) is 0 Å². The van der Waals surface area contributed by atoms with Crippen LogP contribution in [-0.2, 0) is 6.54 Å². The molecule has 17 heavy (non-hydrogen) atoms. The van der Waals surface area contributed by atoms with E-state index in [1.54, 1.807) is 23.5 Å². The topological polar surface area (TPSA) is 24.9 Å². The molecule has 0 spiro atoms.